The molecule has 1 aromatic carbocycles. The van der Waals surface area contributed by atoms with Gasteiger partial charge in [-0.15, -0.1) is 0 Å². The standard InChI is InChI=1S/C18H28N4O2/c1-21(2)16-11-10-14(20-18(24)22(3)4)12-15(16)17(23)19-13-8-6-5-7-9-13/h10-13H,5-9H2,1-4H3,(H,19,23)(H,20,24). The fourth-order valence-electron chi connectivity index (χ4n) is 2.93. The average molecular weight is 332 g/mol. The summed E-state index contributed by atoms with van der Waals surface area (Å²) in [5, 5.41) is 5.94. The second-order valence-electron chi connectivity index (χ2n) is 6.76. The van der Waals surface area contributed by atoms with Crippen LogP contribution in [0.25, 0.3) is 0 Å². The molecule has 0 atom stereocenters. The number of anilines is 2. The lowest BCUT2D eigenvalue weighted by atomic mass is 9.95. The average Bonchev–Trinajstić information content (AvgIpc) is 2.55. The van der Waals surface area contributed by atoms with Gasteiger partial charge in [0.1, 0.15) is 0 Å². The zero-order valence-electron chi connectivity index (χ0n) is 15.1. The fourth-order valence-corrected chi connectivity index (χ4v) is 2.93. The third kappa shape index (κ3) is 4.63. The van der Waals surface area contributed by atoms with Crippen LogP contribution in [0.4, 0.5) is 16.2 Å². The predicted octanol–water partition coefficient (Wildman–Crippen LogP) is 2.91. The van der Waals surface area contributed by atoms with Crippen molar-refractivity contribution in [3.8, 4) is 0 Å². The maximum absolute atomic E-state index is 12.7. The first kappa shape index (κ1) is 18.1. The lowest BCUT2D eigenvalue weighted by molar-refractivity contribution is 0.0928. The molecule has 0 unspecified atom stereocenters. The highest BCUT2D eigenvalue weighted by atomic mass is 16.2. The van der Waals surface area contributed by atoms with Crippen LogP contribution in [0.1, 0.15) is 42.5 Å². The van der Waals surface area contributed by atoms with E-state index in [1.54, 1.807) is 20.2 Å². The first-order chi connectivity index (χ1) is 11.4. The number of hydrogen-bond acceptors (Lipinski definition) is 3. The molecule has 2 N–H and O–H groups in total. The quantitative estimate of drug-likeness (QED) is 0.891. The maximum Gasteiger partial charge on any atom is 0.321 e. The van der Waals surface area contributed by atoms with Crippen LogP contribution in [0.15, 0.2) is 18.2 Å². The van der Waals surface area contributed by atoms with Crippen molar-refractivity contribution in [1.29, 1.82) is 0 Å². The van der Waals surface area contributed by atoms with Crippen LogP contribution in [0.2, 0.25) is 0 Å². The Bertz CT molecular complexity index is 593. The molecule has 0 bridgehead atoms. The summed E-state index contributed by atoms with van der Waals surface area (Å²) >= 11 is 0. The Labute approximate surface area is 144 Å². The van der Waals surface area contributed by atoms with E-state index >= 15 is 0 Å². The number of nitrogens with zero attached hydrogens (tertiary/aromatic N) is 2. The van der Waals surface area contributed by atoms with Crippen LogP contribution in [0.3, 0.4) is 0 Å². The van der Waals surface area contributed by atoms with Crippen molar-refractivity contribution in [3.63, 3.8) is 0 Å². The molecule has 2 rings (SSSR count). The van der Waals surface area contributed by atoms with Gasteiger partial charge in [-0.2, -0.15) is 0 Å². The van der Waals surface area contributed by atoms with Crippen LogP contribution in [-0.2, 0) is 0 Å². The molecule has 0 heterocycles. The highest BCUT2D eigenvalue weighted by Crippen LogP contribution is 2.24. The molecule has 1 aliphatic carbocycles. The molecule has 1 fully saturated rings. The molecule has 6 nitrogen and oxygen atoms in total. The van der Waals surface area contributed by atoms with Crippen molar-refractivity contribution in [3.05, 3.63) is 23.8 Å². The van der Waals surface area contributed by atoms with Gasteiger partial charge in [0.05, 0.1) is 5.56 Å². The van der Waals surface area contributed by atoms with Crippen LogP contribution in [-0.4, -0.2) is 51.1 Å². The van der Waals surface area contributed by atoms with E-state index in [1.165, 1.54) is 24.2 Å². The lowest BCUT2D eigenvalue weighted by Crippen LogP contribution is -2.37. The summed E-state index contributed by atoms with van der Waals surface area (Å²) in [6, 6.07) is 5.46. The molecule has 3 amide bonds. The number of rotatable bonds is 4. The molecular weight excluding hydrogens is 304 g/mol. The molecule has 0 spiro atoms. The third-order valence-electron chi connectivity index (χ3n) is 4.32. The normalized spacial score (nSPS) is 14.8. The van der Waals surface area contributed by atoms with Gasteiger partial charge in [-0.1, -0.05) is 19.3 Å². The summed E-state index contributed by atoms with van der Waals surface area (Å²) in [7, 11) is 7.18. The molecule has 132 valence electrons. The van der Waals surface area contributed by atoms with Crippen molar-refractivity contribution < 1.29 is 9.59 Å². The van der Waals surface area contributed by atoms with E-state index in [0.29, 0.717) is 11.3 Å². The molecule has 0 radical (unpaired) electrons. The number of nitrogens with one attached hydrogen (secondary N) is 2. The van der Waals surface area contributed by atoms with Gasteiger partial charge in [0.2, 0.25) is 0 Å². The fraction of sp³-hybridized carbons (Fsp3) is 0.556. The van der Waals surface area contributed by atoms with Gasteiger partial charge < -0.3 is 20.4 Å². The minimum atomic E-state index is -0.216. The first-order valence-electron chi connectivity index (χ1n) is 8.49. The van der Waals surface area contributed by atoms with E-state index in [-0.39, 0.29) is 18.0 Å². The van der Waals surface area contributed by atoms with E-state index in [1.807, 2.05) is 31.1 Å². The summed E-state index contributed by atoms with van der Waals surface area (Å²) in [5.74, 6) is -0.0773. The van der Waals surface area contributed by atoms with Crippen molar-refractivity contribution in [2.45, 2.75) is 38.1 Å². The van der Waals surface area contributed by atoms with E-state index in [9.17, 15) is 9.59 Å². The molecule has 24 heavy (non-hydrogen) atoms. The molecule has 0 saturated heterocycles. The summed E-state index contributed by atoms with van der Waals surface area (Å²) in [4.78, 5) is 28.0. The molecule has 1 aromatic rings. The molecule has 0 aromatic heterocycles. The zero-order valence-corrected chi connectivity index (χ0v) is 15.1. The summed E-state index contributed by atoms with van der Waals surface area (Å²) in [6.45, 7) is 0. The van der Waals surface area contributed by atoms with Gasteiger partial charge in [-0.3, -0.25) is 4.79 Å². The van der Waals surface area contributed by atoms with Gasteiger partial charge in [0.15, 0.2) is 0 Å². The van der Waals surface area contributed by atoms with Gasteiger partial charge >= 0.3 is 6.03 Å². The summed E-state index contributed by atoms with van der Waals surface area (Å²) in [6.07, 6.45) is 5.68. The third-order valence-corrected chi connectivity index (χ3v) is 4.32. The summed E-state index contributed by atoms with van der Waals surface area (Å²) in [5.41, 5.74) is 2.04. The first-order valence-corrected chi connectivity index (χ1v) is 8.49. The predicted molar refractivity (Wildman–Crippen MR) is 97.8 cm³/mol. The number of amides is 3. The second-order valence-corrected chi connectivity index (χ2v) is 6.76. The largest absolute Gasteiger partial charge is 0.377 e. The topological polar surface area (TPSA) is 64.7 Å². The Morgan fingerprint density at radius 2 is 1.71 bits per heavy atom. The van der Waals surface area contributed by atoms with Crippen LogP contribution in [0, 0.1) is 0 Å². The highest BCUT2D eigenvalue weighted by molar-refractivity contribution is 6.02. The minimum absolute atomic E-state index is 0.0773. The van der Waals surface area contributed by atoms with Crippen LogP contribution >= 0.6 is 0 Å². The smallest absolute Gasteiger partial charge is 0.321 e. The molecule has 1 aliphatic rings. The lowest BCUT2D eigenvalue weighted by Gasteiger charge is -2.24. The summed E-state index contributed by atoms with van der Waals surface area (Å²) < 4.78 is 0. The van der Waals surface area contributed by atoms with Crippen molar-refractivity contribution in [1.82, 2.24) is 10.2 Å². The highest BCUT2D eigenvalue weighted by Gasteiger charge is 2.20. The van der Waals surface area contributed by atoms with E-state index < -0.39 is 0 Å². The van der Waals surface area contributed by atoms with Crippen molar-refractivity contribution >= 4 is 23.3 Å². The van der Waals surface area contributed by atoms with Crippen molar-refractivity contribution in [2.75, 3.05) is 38.4 Å². The molecule has 1 saturated carbocycles. The van der Waals surface area contributed by atoms with Crippen molar-refractivity contribution in [2.24, 2.45) is 0 Å². The van der Waals surface area contributed by atoms with E-state index in [2.05, 4.69) is 10.6 Å². The van der Waals surface area contributed by atoms with E-state index in [4.69, 9.17) is 0 Å². The second kappa shape index (κ2) is 8.04. The Balaban J connectivity index is 2.20. The monoisotopic (exact) mass is 332 g/mol. The number of carbonyl (C=O) groups excluding carboxylic acids is 2. The number of hydrogen-bond donors (Lipinski definition) is 2. The number of benzene rings is 1. The van der Waals surface area contributed by atoms with Gasteiger partial charge in [-0.25, -0.2) is 4.79 Å². The van der Waals surface area contributed by atoms with Gasteiger partial charge in [0, 0.05) is 45.6 Å². The number of carbonyl (C=O) groups is 2. The number of urea groups is 1. The van der Waals surface area contributed by atoms with Gasteiger partial charge in [0.25, 0.3) is 5.91 Å². The van der Waals surface area contributed by atoms with Crippen LogP contribution in [0.5, 0.6) is 0 Å². The van der Waals surface area contributed by atoms with Gasteiger partial charge in [-0.05, 0) is 31.0 Å². The Morgan fingerprint density at radius 1 is 1.04 bits per heavy atom. The molecular formula is C18H28N4O2. The SMILES string of the molecule is CN(C)C(=O)Nc1ccc(N(C)C)c(C(=O)NC2CCCCC2)c1. The Hall–Kier alpha value is -2.24. The van der Waals surface area contributed by atoms with Crippen LogP contribution < -0.4 is 15.5 Å². The molecule has 6 heteroatoms. The Kier molecular flexibility index (Phi) is 6.06. The maximum atomic E-state index is 12.7. The zero-order chi connectivity index (χ0) is 17.7. The Morgan fingerprint density at radius 3 is 2.29 bits per heavy atom. The minimum Gasteiger partial charge on any atom is -0.377 e. The van der Waals surface area contributed by atoms with E-state index in [0.717, 1.165) is 18.5 Å². The molecule has 0 aliphatic heterocycles.